The Balaban J connectivity index is 3.00. The van der Waals surface area contributed by atoms with Gasteiger partial charge in [0.05, 0.1) is 5.56 Å². The van der Waals surface area contributed by atoms with Gasteiger partial charge >= 0.3 is 5.97 Å². The first-order chi connectivity index (χ1) is 7.54. The number of aromatic carboxylic acids is 1. The third kappa shape index (κ3) is 1.33. The average Bonchev–Trinajstić information content (AvgIpc) is 2.26. The number of fused-ring (bicyclic) bond motifs is 1. The van der Waals surface area contributed by atoms with Gasteiger partial charge in [-0.3, -0.25) is 0 Å². The number of benzene rings is 2. The number of phenols is 1. The number of aryl methyl sites for hydroxylation is 1. The van der Waals surface area contributed by atoms with Crippen LogP contribution in [0.3, 0.4) is 0 Å². The van der Waals surface area contributed by atoms with E-state index in [-0.39, 0.29) is 11.3 Å². The van der Waals surface area contributed by atoms with Crippen molar-refractivity contribution >= 4 is 16.7 Å². The average molecular weight is 216 g/mol. The summed E-state index contributed by atoms with van der Waals surface area (Å²) in [4.78, 5) is 11.1. The number of aromatic hydroxyl groups is 1. The molecule has 0 aliphatic rings. The van der Waals surface area contributed by atoms with Crippen LogP contribution in [-0.4, -0.2) is 16.2 Å². The molecule has 0 radical (unpaired) electrons. The van der Waals surface area contributed by atoms with Gasteiger partial charge in [-0.25, -0.2) is 4.79 Å². The predicted molar refractivity (Wildman–Crippen MR) is 62.0 cm³/mol. The van der Waals surface area contributed by atoms with Gasteiger partial charge in [0.25, 0.3) is 0 Å². The molecule has 0 aliphatic carbocycles. The highest BCUT2D eigenvalue weighted by Gasteiger charge is 2.17. The number of carbonyl (C=O) groups is 1. The minimum atomic E-state index is -1.00. The fourth-order valence-corrected chi connectivity index (χ4v) is 2.07. The fraction of sp³-hybridized carbons (Fsp3) is 0.154. The van der Waals surface area contributed by atoms with Crippen LogP contribution >= 0.6 is 0 Å². The van der Waals surface area contributed by atoms with Gasteiger partial charge < -0.3 is 10.2 Å². The quantitative estimate of drug-likeness (QED) is 0.770. The van der Waals surface area contributed by atoms with Crippen molar-refractivity contribution in [2.45, 2.75) is 13.8 Å². The number of hydrogen-bond acceptors (Lipinski definition) is 2. The predicted octanol–water partition coefficient (Wildman–Crippen LogP) is 2.86. The molecule has 3 heteroatoms. The molecule has 0 spiro atoms. The summed E-state index contributed by atoms with van der Waals surface area (Å²) in [5.74, 6) is -0.949. The summed E-state index contributed by atoms with van der Waals surface area (Å²) >= 11 is 0. The van der Waals surface area contributed by atoms with Gasteiger partial charge in [0.1, 0.15) is 5.75 Å². The highest BCUT2D eigenvalue weighted by molar-refractivity contribution is 6.02. The first-order valence-electron chi connectivity index (χ1n) is 4.98. The molecule has 2 N–H and O–H groups in total. The lowest BCUT2D eigenvalue weighted by molar-refractivity contribution is 0.0695. The highest BCUT2D eigenvalue weighted by atomic mass is 16.4. The maximum atomic E-state index is 11.1. The van der Waals surface area contributed by atoms with E-state index >= 15 is 0 Å². The molecule has 0 aliphatic heterocycles. The van der Waals surface area contributed by atoms with Crippen molar-refractivity contribution in [3.8, 4) is 5.75 Å². The fourth-order valence-electron chi connectivity index (χ4n) is 2.07. The van der Waals surface area contributed by atoms with Crippen LogP contribution in [0.2, 0.25) is 0 Å². The van der Waals surface area contributed by atoms with Gasteiger partial charge in [-0.05, 0) is 24.8 Å². The smallest absolute Gasteiger partial charge is 0.336 e. The van der Waals surface area contributed by atoms with E-state index in [2.05, 4.69) is 0 Å². The second-order valence-corrected chi connectivity index (χ2v) is 3.82. The highest BCUT2D eigenvalue weighted by Crippen LogP contribution is 2.34. The van der Waals surface area contributed by atoms with Crippen molar-refractivity contribution in [1.82, 2.24) is 0 Å². The molecule has 0 unspecified atom stereocenters. The van der Waals surface area contributed by atoms with Crippen molar-refractivity contribution < 1.29 is 15.0 Å². The van der Waals surface area contributed by atoms with E-state index in [9.17, 15) is 9.90 Å². The molecule has 0 amide bonds. The molecule has 0 saturated heterocycles. The number of carboxylic acids is 1. The van der Waals surface area contributed by atoms with E-state index in [0.717, 1.165) is 5.39 Å². The minimum Gasteiger partial charge on any atom is -0.507 e. The largest absolute Gasteiger partial charge is 0.507 e. The zero-order chi connectivity index (χ0) is 11.9. The topological polar surface area (TPSA) is 57.5 Å². The van der Waals surface area contributed by atoms with Gasteiger partial charge in [-0.15, -0.1) is 0 Å². The molecule has 2 aromatic rings. The summed E-state index contributed by atoms with van der Waals surface area (Å²) in [5, 5.41) is 20.5. The Kier molecular flexibility index (Phi) is 2.31. The first kappa shape index (κ1) is 10.5. The molecule has 0 fully saturated rings. The van der Waals surface area contributed by atoms with Crippen molar-refractivity contribution in [2.75, 3.05) is 0 Å². The normalized spacial score (nSPS) is 10.6. The summed E-state index contributed by atoms with van der Waals surface area (Å²) in [6.45, 7) is 3.39. The molecule has 0 aromatic heterocycles. The lowest BCUT2D eigenvalue weighted by atomic mass is 9.94. The molecule has 82 valence electrons. The van der Waals surface area contributed by atoms with Crippen LogP contribution in [0.15, 0.2) is 24.3 Å². The summed E-state index contributed by atoms with van der Waals surface area (Å²) < 4.78 is 0. The Hall–Kier alpha value is -2.03. The Morgan fingerprint density at radius 1 is 1.06 bits per heavy atom. The molecule has 0 heterocycles. The standard InChI is InChI=1S/C13H12O3/c1-7-9-5-3-4-6-10(9)12(14)8(2)11(7)13(15)16/h3-6,14H,1-2H3,(H,15,16). The van der Waals surface area contributed by atoms with E-state index in [1.807, 2.05) is 18.2 Å². The lowest BCUT2D eigenvalue weighted by Gasteiger charge is -2.12. The maximum Gasteiger partial charge on any atom is 0.336 e. The molecule has 0 atom stereocenters. The Morgan fingerprint density at radius 3 is 2.19 bits per heavy atom. The molecule has 2 aromatic carbocycles. The van der Waals surface area contributed by atoms with Crippen molar-refractivity contribution in [2.24, 2.45) is 0 Å². The lowest BCUT2D eigenvalue weighted by Crippen LogP contribution is -2.04. The Labute approximate surface area is 93.0 Å². The van der Waals surface area contributed by atoms with Gasteiger partial charge in [0, 0.05) is 10.9 Å². The third-order valence-corrected chi connectivity index (χ3v) is 2.91. The summed E-state index contributed by atoms with van der Waals surface area (Å²) in [5.41, 5.74) is 1.30. The zero-order valence-corrected chi connectivity index (χ0v) is 9.11. The van der Waals surface area contributed by atoms with Crippen molar-refractivity contribution in [3.63, 3.8) is 0 Å². The molecular weight excluding hydrogens is 204 g/mol. The first-order valence-corrected chi connectivity index (χ1v) is 4.98. The SMILES string of the molecule is Cc1c(C(=O)O)c(C)c2ccccc2c1O. The van der Waals surface area contributed by atoms with Crippen LogP contribution in [0.1, 0.15) is 21.5 Å². The Morgan fingerprint density at radius 2 is 1.62 bits per heavy atom. The third-order valence-electron chi connectivity index (χ3n) is 2.91. The van der Waals surface area contributed by atoms with E-state index < -0.39 is 5.97 Å². The van der Waals surface area contributed by atoms with Gasteiger partial charge in [0.2, 0.25) is 0 Å². The number of hydrogen-bond donors (Lipinski definition) is 2. The van der Waals surface area contributed by atoms with Crippen molar-refractivity contribution in [1.29, 1.82) is 0 Å². The van der Waals surface area contributed by atoms with E-state index in [0.29, 0.717) is 16.5 Å². The summed E-state index contributed by atoms with van der Waals surface area (Å²) in [6.07, 6.45) is 0. The minimum absolute atomic E-state index is 0.0543. The summed E-state index contributed by atoms with van der Waals surface area (Å²) in [6, 6.07) is 7.25. The van der Waals surface area contributed by atoms with Crippen LogP contribution in [-0.2, 0) is 0 Å². The molecule has 16 heavy (non-hydrogen) atoms. The number of rotatable bonds is 1. The molecule has 3 nitrogen and oxygen atoms in total. The second-order valence-electron chi connectivity index (χ2n) is 3.82. The van der Waals surface area contributed by atoms with Gasteiger partial charge in [-0.2, -0.15) is 0 Å². The number of phenolic OH excluding ortho intramolecular Hbond substituents is 1. The monoisotopic (exact) mass is 216 g/mol. The van der Waals surface area contributed by atoms with Crippen LogP contribution in [0.4, 0.5) is 0 Å². The van der Waals surface area contributed by atoms with Gasteiger partial charge in [-0.1, -0.05) is 24.3 Å². The molecule has 0 bridgehead atoms. The van der Waals surface area contributed by atoms with E-state index in [4.69, 9.17) is 5.11 Å². The van der Waals surface area contributed by atoms with Crippen LogP contribution in [0.25, 0.3) is 10.8 Å². The van der Waals surface area contributed by atoms with E-state index in [1.165, 1.54) is 0 Å². The molecule has 2 rings (SSSR count). The molecule has 0 saturated carbocycles. The molecular formula is C13H12O3. The Bertz CT molecular complexity index is 585. The van der Waals surface area contributed by atoms with Crippen LogP contribution in [0.5, 0.6) is 5.75 Å². The maximum absolute atomic E-state index is 11.1. The second kappa shape index (κ2) is 3.52. The van der Waals surface area contributed by atoms with E-state index in [1.54, 1.807) is 19.9 Å². The van der Waals surface area contributed by atoms with Crippen molar-refractivity contribution in [3.05, 3.63) is 41.0 Å². The zero-order valence-electron chi connectivity index (χ0n) is 9.11. The number of carboxylic acid groups (broad SMARTS) is 1. The summed E-state index contributed by atoms with van der Waals surface area (Å²) in [7, 11) is 0. The van der Waals surface area contributed by atoms with Crippen LogP contribution in [0, 0.1) is 13.8 Å². The van der Waals surface area contributed by atoms with Gasteiger partial charge in [0.15, 0.2) is 0 Å². The van der Waals surface area contributed by atoms with Crippen LogP contribution < -0.4 is 0 Å².